The molecule has 1 fully saturated rings. The molecule has 1 aliphatic rings. The number of nitrogens with one attached hydrogen (secondary N) is 2. The van der Waals surface area contributed by atoms with Crippen molar-refractivity contribution in [2.45, 2.75) is 6.54 Å². The van der Waals surface area contributed by atoms with Gasteiger partial charge in [0.05, 0.1) is 31.0 Å². The molecule has 0 aliphatic carbocycles. The fourth-order valence-electron chi connectivity index (χ4n) is 2.13. The van der Waals surface area contributed by atoms with Crippen molar-refractivity contribution < 1.29 is 9.53 Å². The van der Waals surface area contributed by atoms with Gasteiger partial charge in [-0.05, 0) is 30.3 Å². The molecular weight excluding hydrogens is 268 g/mol. The summed E-state index contributed by atoms with van der Waals surface area (Å²) in [7, 11) is 1.64. The SMILES string of the molecule is COc1ccc(-n2ccc(CNC(=O)C3CNC3)n2)cc1. The zero-order valence-electron chi connectivity index (χ0n) is 11.9. The van der Waals surface area contributed by atoms with Crippen molar-refractivity contribution in [1.82, 2.24) is 20.4 Å². The number of amides is 1. The number of carbonyl (C=O) groups is 1. The van der Waals surface area contributed by atoms with Crippen molar-refractivity contribution in [3.05, 3.63) is 42.2 Å². The predicted octanol–water partition coefficient (Wildman–Crippen LogP) is 0.716. The maximum absolute atomic E-state index is 11.7. The van der Waals surface area contributed by atoms with Gasteiger partial charge in [-0.25, -0.2) is 4.68 Å². The lowest BCUT2D eigenvalue weighted by Crippen LogP contribution is -2.50. The summed E-state index contributed by atoms with van der Waals surface area (Å²) in [6.45, 7) is 2.00. The van der Waals surface area contributed by atoms with Gasteiger partial charge in [0.2, 0.25) is 5.91 Å². The Morgan fingerprint density at radius 1 is 1.38 bits per heavy atom. The number of methoxy groups -OCH3 is 1. The highest BCUT2D eigenvalue weighted by atomic mass is 16.5. The highest BCUT2D eigenvalue weighted by Gasteiger charge is 2.24. The van der Waals surface area contributed by atoms with Crippen LogP contribution in [0.25, 0.3) is 5.69 Å². The molecule has 6 heteroatoms. The molecule has 1 aliphatic heterocycles. The van der Waals surface area contributed by atoms with E-state index in [4.69, 9.17) is 4.74 Å². The summed E-state index contributed by atoms with van der Waals surface area (Å²) in [5.74, 6) is 1.01. The highest BCUT2D eigenvalue weighted by Crippen LogP contribution is 2.14. The first-order chi connectivity index (χ1) is 10.3. The number of aromatic nitrogens is 2. The second-order valence-electron chi connectivity index (χ2n) is 5.02. The first kappa shape index (κ1) is 13.6. The first-order valence-electron chi connectivity index (χ1n) is 6.93. The molecule has 6 nitrogen and oxygen atoms in total. The number of hydrogen-bond acceptors (Lipinski definition) is 4. The van der Waals surface area contributed by atoms with Crippen molar-refractivity contribution in [3.63, 3.8) is 0 Å². The number of carbonyl (C=O) groups excluding carboxylic acids is 1. The maximum Gasteiger partial charge on any atom is 0.226 e. The molecule has 2 aromatic rings. The number of rotatable bonds is 5. The standard InChI is InChI=1S/C15H18N4O2/c1-21-14-4-2-13(3-5-14)19-7-6-12(18-19)10-17-15(20)11-8-16-9-11/h2-7,11,16H,8-10H2,1H3,(H,17,20). The monoisotopic (exact) mass is 286 g/mol. The first-order valence-corrected chi connectivity index (χ1v) is 6.93. The third-order valence-electron chi connectivity index (χ3n) is 3.58. The van der Waals surface area contributed by atoms with E-state index in [0.717, 1.165) is 30.2 Å². The Morgan fingerprint density at radius 3 is 2.76 bits per heavy atom. The molecule has 1 saturated heterocycles. The molecule has 1 aromatic carbocycles. The average molecular weight is 286 g/mol. The lowest BCUT2D eigenvalue weighted by molar-refractivity contribution is -0.126. The fourth-order valence-corrected chi connectivity index (χ4v) is 2.13. The number of ether oxygens (including phenoxy) is 1. The third-order valence-corrected chi connectivity index (χ3v) is 3.58. The van der Waals surface area contributed by atoms with Crippen LogP contribution in [0.2, 0.25) is 0 Å². The highest BCUT2D eigenvalue weighted by molar-refractivity contribution is 5.79. The zero-order chi connectivity index (χ0) is 14.7. The average Bonchev–Trinajstić information content (AvgIpc) is 2.92. The summed E-state index contributed by atoms with van der Waals surface area (Å²) >= 11 is 0. The van der Waals surface area contributed by atoms with Crippen LogP contribution in [0.1, 0.15) is 5.69 Å². The van der Waals surface area contributed by atoms with Gasteiger partial charge in [-0.3, -0.25) is 4.79 Å². The Bertz CT molecular complexity index is 617. The van der Waals surface area contributed by atoms with Crippen molar-refractivity contribution in [1.29, 1.82) is 0 Å². The summed E-state index contributed by atoms with van der Waals surface area (Å²) in [6.07, 6.45) is 1.88. The summed E-state index contributed by atoms with van der Waals surface area (Å²) < 4.78 is 6.91. The van der Waals surface area contributed by atoms with E-state index in [-0.39, 0.29) is 11.8 Å². The van der Waals surface area contributed by atoms with Crippen molar-refractivity contribution in [2.75, 3.05) is 20.2 Å². The molecule has 1 aromatic heterocycles. The Morgan fingerprint density at radius 2 is 2.14 bits per heavy atom. The molecule has 21 heavy (non-hydrogen) atoms. The maximum atomic E-state index is 11.7. The summed E-state index contributed by atoms with van der Waals surface area (Å²) in [4.78, 5) is 11.7. The molecule has 0 radical (unpaired) electrons. The van der Waals surface area contributed by atoms with Crippen LogP contribution in [0.5, 0.6) is 5.75 Å². The predicted molar refractivity (Wildman–Crippen MR) is 78.3 cm³/mol. The van der Waals surface area contributed by atoms with E-state index in [9.17, 15) is 4.79 Å². The van der Waals surface area contributed by atoms with Gasteiger partial charge in [0.25, 0.3) is 0 Å². The Balaban J connectivity index is 1.61. The Kier molecular flexibility index (Phi) is 3.87. The normalized spacial score (nSPS) is 14.5. The van der Waals surface area contributed by atoms with Crippen molar-refractivity contribution in [3.8, 4) is 11.4 Å². The van der Waals surface area contributed by atoms with Gasteiger partial charge in [0.1, 0.15) is 5.75 Å². The van der Waals surface area contributed by atoms with E-state index in [1.165, 1.54) is 0 Å². The molecule has 1 amide bonds. The summed E-state index contributed by atoms with van der Waals surface area (Å²) in [5, 5.41) is 10.5. The van der Waals surface area contributed by atoms with Gasteiger partial charge in [-0.15, -0.1) is 0 Å². The minimum absolute atomic E-state index is 0.0905. The lowest BCUT2D eigenvalue weighted by atomic mass is 10.0. The molecule has 2 N–H and O–H groups in total. The van der Waals surface area contributed by atoms with Crippen molar-refractivity contribution >= 4 is 5.91 Å². The largest absolute Gasteiger partial charge is 0.497 e. The van der Waals surface area contributed by atoms with Crippen molar-refractivity contribution in [2.24, 2.45) is 5.92 Å². The van der Waals surface area contributed by atoms with Crippen LogP contribution in [0.4, 0.5) is 0 Å². The molecule has 2 heterocycles. The van der Waals surface area contributed by atoms with Crippen LogP contribution in [0.3, 0.4) is 0 Å². The van der Waals surface area contributed by atoms with E-state index in [0.29, 0.717) is 6.54 Å². The molecule has 3 rings (SSSR count). The third kappa shape index (κ3) is 3.05. The minimum Gasteiger partial charge on any atom is -0.497 e. The summed E-state index contributed by atoms with van der Waals surface area (Å²) in [6, 6.07) is 9.57. The minimum atomic E-state index is 0.0905. The van der Waals surface area contributed by atoms with Gasteiger partial charge >= 0.3 is 0 Å². The van der Waals surface area contributed by atoms with Gasteiger partial charge in [-0.2, -0.15) is 5.10 Å². The van der Waals surface area contributed by atoms with Gasteiger partial charge in [0.15, 0.2) is 0 Å². The Labute approximate surface area is 123 Å². The van der Waals surface area contributed by atoms with Crippen LogP contribution in [-0.4, -0.2) is 35.9 Å². The van der Waals surface area contributed by atoms with Crippen LogP contribution < -0.4 is 15.4 Å². The molecular formula is C15H18N4O2. The molecule has 0 spiro atoms. The Hall–Kier alpha value is -2.34. The summed E-state index contributed by atoms with van der Waals surface area (Å²) in [5.41, 5.74) is 1.79. The number of nitrogens with zero attached hydrogens (tertiary/aromatic N) is 2. The van der Waals surface area contributed by atoms with E-state index in [2.05, 4.69) is 15.7 Å². The van der Waals surface area contributed by atoms with E-state index < -0.39 is 0 Å². The van der Waals surface area contributed by atoms with Crippen LogP contribution in [0.15, 0.2) is 36.5 Å². The van der Waals surface area contributed by atoms with Crippen LogP contribution >= 0.6 is 0 Å². The van der Waals surface area contributed by atoms with E-state index in [1.54, 1.807) is 11.8 Å². The molecule has 0 saturated carbocycles. The lowest BCUT2D eigenvalue weighted by Gasteiger charge is -2.25. The molecule has 0 unspecified atom stereocenters. The number of benzene rings is 1. The molecule has 0 bridgehead atoms. The van der Waals surface area contributed by atoms with Gasteiger partial charge in [-0.1, -0.05) is 0 Å². The molecule has 0 atom stereocenters. The van der Waals surface area contributed by atoms with Gasteiger partial charge < -0.3 is 15.4 Å². The van der Waals surface area contributed by atoms with E-state index >= 15 is 0 Å². The second-order valence-corrected chi connectivity index (χ2v) is 5.02. The second kappa shape index (κ2) is 5.97. The topological polar surface area (TPSA) is 68.2 Å². The van der Waals surface area contributed by atoms with E-state index in [1.807, 2.05) is 36.5 Å². The quantitative estimate of drug-likeness (QED) is 0.850. The number of hydrogen-bond donors (Lipinski definition) is 2. The van der Waals surface area contributed by atoms with Gasteiger partial charge in [0, 0.05) is 19.3 Å². The smallest absolute Gasteiger partial charge is 0.226 e. The molecule has 110 valence electrons. The zero-order valence-corrected chi connectivity index (χ0v) is 11.9. The van der Waals surface area contributed by atoms with Crippen LogP contribution in [-0.2, 0) is 11.3 Å². The van der Waals surface area contributed by atoms with Crippen LogP contribution in [0, 0.1) is 5.92 Å². The fraction of sp³-hybridized carbons (Fsp3) is 0.333.